The van der Waals surface area contributed by atoms with Gasteiger partial charge in [0, 0.05) is 30.7 Å². The molecule has 2 aliphatic rings. The molecular weight excluding hydrogens is 328 g/mol. The average molecular weight is 360 g/mol. The lowest BCUT2D eigenvalue weighted by molar-refractivity contribution is 0.0908. The van der Waals surface area contributed by atoms with E-state index in [1.165, 1.54) is 12.8 Å². The average Bonchev–Trinajstić information content (AvgIpc) is 3.50. The van der Waals surface area contributed by atoms with E-state index in [0.717, 1.165) is 50.6 Å². The van der Waals surface area contributed by atoms with Crippen LogP contribution in [0, 0.1) is 0 Å². The monoisotopic (exact) mass is 360 g/mol. The first-order valence-corrected chi connectivity index (χ1v) is 10.2. The smallest absolute Gasteiger partial charge is 0.251 e. The normalized spacial score (nSPS) is 18.5. The van der Waals surface area contributed by atoms with Crippen LogP contribution < -0.4 is 14.8 Å². The molecule has 0 atom stereocenters. The fourth-order valence-electron chi connectivity index (χ4n) is 3.42. The molecule has 26 heavy (non-hydrogen) atoms. The van der Waals surface area contributed by atoms with E-state index < -0.39 is 0 Å². The van der Waals surface area contributed by atoms with Crippen molar-refractivity contribution in [2.75, 3.05) is 26.3 Å². The summed E-state index contributed by atoms with van der Waals surface area (Å²) in [5.41, 5.74) is 0.643. The number of hydrogen-bond donors (Lipinski definition) is 1. The van der Waals surface area contributed by atoms with Crippen LogP contribution in [0.5, 0.6) is 11.5 Å². The van der Waals surface area contributed by atoms with Gasteiger partial charge in [-0.1, -0.05) is 13.8 Å². The summed E-state index contributed by atoms with van der Waals surface area (Å²) < 4.78 is 11.5. The Balaban J connectivity index is 1.58. The molecule has 1 aromatic rings. The largest absolute Gasteiger partial charge is 0.490 e. The summed E-state index contributed by atoms with van der Waals surface area (Å²) in [6.45, 7) is 7.61. The van der Waals surface area contributed by atoms with Gasteiger partial charge < -0.3 is 19.7 Å². The first kappa shape index (κ1) is 19.0. The number of hydrogen-bond acceptors (Lipinski definition) is 4. The molecule has 5 nitrogen and oxygen atoms in total. The predicted molar refractivity (Wildman–Crippen MR) is 103 cm³/mol. The fourth-order valence-corrected chi connectivity index (χ4v) is 3.42. The van der Waals surface area contributed by atoms with Crippen LogP contribution >= 0.6 is 0 Å². The maximum Gasteiger partial charge on any atom is 0.251 e. The number of carbonyl (C=O) groups is 1. The maximum atomic E-state index is 12.7. The number of rotatable bonds is 9. The van der Waals surface area contributed by atoms with Crippen LogP contribution in [0.15, 0.2) is 18.2 Å². The summed E-state index contributed by atoms with van der Waals surface area (Å²) in [5.74, 6) is 1.37. The molecule has 0 bridgehead atoms. The van der Waals surface area contributed by atoms with Crippen LogP contribution in [-0.4, -0.2) is 49.2 Å². The molecule has 0 radical (unpaired) electrons. The van der Waals surface area contributed by atoms with E-state index in [1.807, 2.05) is 18.2 Å². The zero-order valence-electron chi connectivity index (χ0n) is 16.1. The molecule has 1 saturated heterocycles. The lowest BCUT2D eigenvalue weighted by atomic mass is 10.0. The Hall–Kier alpha value is -1.75. The molecule has 1 saturated carbocycles. The van der Waals surface area contributed by atoms with Crippen molar-refractivity contribution in [3.05, 3.63) is 23.8 Å². The van der Waals surface area contributed by atoms with Crippen LogP contribution in [0.3, 0.4) is 0 Å². The number of amides is 1. The third kappa shape index (κ3) is 5.13. The van der Waals surface area contributed by atoms with Crippen LogP contribution in [0.1, 0.15) is 62.7 Å². The second-order valence-corrected chi connectivity index (χ2v) is 7.37. The highest BCUT2D eigenvalue weighted by molar-refractivity contribution is 5.95. The van der Waals surface area contributed by atoms with Crippen LogP contribution in [0.2, 0.25) is 0 Å². The number of nitrogens with zero attached hydrogens (tertiary/aromatic N) is 1. The van der Waals surface area contributed by atoms with Crippen molar-refractivity contribution in [1.82, 2.24) is 10.2 Å². The molecule has 144 valence electrons. The van der Waals surface area contributed by atoms with Crippen molar-refractivity contribution >= 4 is 5.91 Å². The molecule has 1 N–H and O–H groups in total. The molecule has 1 aliphatic carbocycles. The lowest BCUT2D eigenvalue weighted by Crippen LogP contribution is -2.45. The van der Waals surface area contributed by atoms with E-state index >= 15 is 0 Å². The van der Waals surface area contributed by atoms with E-state index in [9.17, 15) is 4.79 Å². The molecule has 0 spiro atoms. The number of likely N-dealkylation sites (tertiary alicyclic amines) is 1. The number of benzene rings is 1. The molecule has 1 heterocycles. The minimum absolute atomic E-state index is 0.0155. The van der Waals surface area contributed by atoms with Crippen molar-refractivity contribution < 1.29 is 14.3 Å². The van der Waals surface area contributed by atoms with Gasteiger partial charge in [0.15, 0.2) is 11.5 Å². The molecule has 1 aliphatic heterocycles. The first-order valence-electron chi connectivity index (χ1n) is 10.2. The Morgan fingerprint density at radius 3 is 2.31 bits per heavy atom. The van der Waals surface area contributed by atoms with Crippen molar-refractivity contribution in [3.63, 3.8) is 0 Å². The SMILES string of the molecule is CCCOc1ccc(C(=O)NC2CCN(C3CC3)CC2)cc1OCCC. The quantitative estimate of drug-likeness (QED) is 0.731. The zero-order chi connectivity index (χ0) is 18.4. The molecule has 2 fully saturated rings. The van der Waals surface area contributed by atoms with Crippen LogP contribution in [0.4, 0.5) is 0 Å². The van der Waals surface area contributed by atoms with Gasteiger partial charge in [0.05, 0.1) is 13.2 Å². The van der Waals surface area contributed by atoms with Gasteiger partial charge in [0.1, 0.15) is 0 Å². The summed E-state index contributed by atoms with van der Waals surface area (Å²) in [5, 5.41) is 3.20. The fraction of sp³-hybridized carbons (Fsp3) is 0.667. The third-order valence-corrected chi connectivity index (χ3v) is 5.06. The number of nitrogens with one attached hydrogen (secondary N) is 1. The van der Waals surface area contributed by atoms with E-state index in [-0.39, 0.29) is 11.9 Å². The minimum Gasteiger partial charge on any atom is -0.490 e. The third-order valence-electron chi connectivity index (χ3n) is 5.06. The molecule has 0 aromatic heterocycles. The number of piperidine rings is 1. The van der Waals surface area contributed by atoms with E-state index in [2.05, 4.69) is 24.1 Å². The van der Waals surface area contributed by atoms with E-state index in [0.29, 0.717) is 24.5 Å². The molecular formula is C21H32N2O3. The standard InChI is InChI=1S/C21H32N2O3/c1-3-13-25-19-8-5-16(15-20(19)26-14-4-2)21(24)22-17-9-11-23(12-10-17)18-6-7-18/h5,8,15,17-18H,3-4,6-7,9-14H2,1-2H3,(H,22,24). The molecule has 5 heteroatoms. The first-order chi connectivity index (χ1) is 12.7. The molecule has 1 amide bonds. The van der Waals surface area contributed by atoms with Gasteiger partial charge in [-0.2, -0.15) is 0 Å². The Kier molecular flexibility index (Phi) is 6.78. The van der Waals surface area contributed by atoms with Gasteiger partial charge in [-0.25, -0.2) is 0 Å². The molecule has 3 rings (SSSR count). The van der Waals surface area contributed by atoms with Gasteiger partial charge in [0.2, 0.25) is 0 Å². The van der Waals surface area contributed by atoms with Crippen molar-refractivity contribution in [2.24, 2.45) is 0 Å². The van der Waals surface area contributed by atoms with Gasteiger partial charge >= 0.3 is 0 Å². The molecule has 1 aromatic carbocycles. The maximum absolute atomic E-state index is 12.7. The van der Waals surface area contributed by atoms with Crippen molar-refractivity contribution in [3.8, 4) is 11.5 Å². The summed E-state index contributed by atoms with van der Waals surface area (Å²) in [4.78, 5) is 15.2. The summed E-state index contributed by atoms with van der Waals surface area (Å²) in [7, 11) is 0. The minimum atomic E-state index is -0.0155. The van der Waals surface area contributed by atoms with Crippen molar-refractivity contribution in [1.29, 1.82) is 0 Å². The Morgan fingerprint density at radius 1 is 1.04 bits per heavy atom. The zero-order valence-corrected chi connectivity index (χ0v) is 16.1. The van der Waals surface area contributed by atoms with Crippen LogP contribution in [-0.2, 0) is 0 Å². The topological polar surface area (TPSA) is 50.8 Å². The van der Waals surface area contributed by atoms with E-state index in [4.69, 9.17) is 9.47 Å². The highest BCUT2D eigenvalue weighted by atomic mass is 16.5. The van der Waals surface area contributed by atoms with Gasteiger partial charge in [0.25, 0.3) is 5.91 Å². The summed E-state index contributed by atoms with van der Waals surface area (Å²) >= 11 is 0. The second kappa shape index (κ2) is 9.26. The second-order valence-electron chi connectivity index (χ2n) is 7.37. The van der Waals surface area contributed by atoms with Gasteiger partial charge in [-0.05, 0) is 56.7 Å². The van der Waals surface area contributed by atoms with Gasteiger partial charge in [-0.15, -0.1) is 0 Å². The summed E-state index contributed by atoms with van der Waals surface area (Å²) in [6, 6.07) is 6.59. The molecule has 0 unspecified atom stereocenters. The number of carbonyl (C=O) groups excluding carboxylic acids is 1. The highest BCUT2D eigenvalue weighted by Crippen LogP contribution is 2.30. The highest BCUT2D eigenvalue weighted by Gasteiger charge is 2.32. The van der Waals surface area contributed by atoms with Gasteiger partial charge in [-0.3, -0.25) is 4.79 Å². The summed E-state index contributed by atoms with van der Waals surface area (Å²) in [6.07, 6.45) is 6.64. The van der Waals surface area contributed by atoms with Crippen molar-refractivity contribution in [2.45, 2.75) is 64.5 Å². The Labute approximate surface area is 157 Å². The number of ether oxygens (including phenoxy) is 2. The lowest BCUT2D eigenvalue weighted by Gasteiger charge is -2.32. The Morgan fingerprint density at radius 2 is 1.69 bits per heavy atom. The Bertz CT molecular complexity index is 593. The van der Waals surface area contributed by atoms with Crippen LogP contribution in [0.25, 0.3) is 0 Å². The predicted octanol–water partition coefficient (Wildman–Crippen LogP) is 3.62. The van der Waals surface area contributed by atoms with E-state index in [1.54, 1.807) is 0 Å².